The Bertz CT molecular complexity index is 1150. The van der Waals surface area contributed by atoms with Crippen LogP contribution in [0.4, 0.5) is 17.1 Å². The molecule has 170 valence electrons. The molecule has 0 aliphatic rings. The van der Waals surface area contributed by atoms with Crippen molar-refractivity contribution >= 4 is 73.8 Å². The number of hydrogen-bond acceptors (Lipinski definition) is 4. The molecule has 0 aromatic heterocycles. The molecule has 0 heterocycles. The van der Waals surface area contributed by atoms with Gasteiger partial charge in [-0.05, 0) is 96.1 Å². The Hall–Kier alpha value is -2.68. The number of nitrogens with one attached hydrogen (secondary N) is 3. The van der Waals surface area contributed by atoms with Crippen LogP contribution in [-0.2, 0) is 4.79 Å². The van der Waals surface area contributed by atoms with E-state index in [9.17, 15) is 9.59 Å². The fourth-order valence-corrected chi connectivity index (χ4v) is 4.62. The zero-order valence-corrected chi connectivity index (χ0v) is 21.4. The van der Waals surface area contributed by atoms with Crippen LogP contribution in [0.3, 0.4) is 0 Å². The Labute approximate surface area is 211 Å². The van der Waals surface area contributed by atoms with E-state index in [-0.39, 0.29) is 16.9 Å². The van der Waals surface area contributed by atoms with Crippen LogP contribution in [0.1, 0.15) is 30.6 Å². The van der Waals surface area contributed by atoms with Crippen molar-refractivity contribution in [3.8, 4) is 0 Å². The van der Waals surface area contributed by atoms with E-state index in [4.69, 9.17) is 12.2 Å². The van der Waals surface area contributed by atoms with Gasteiger partial charge in [0.1, 0.15) is 0 Å². The average Bonchev–Trinajstić information content (AvgIpc) is 2.79. The van der Waals surface area contributed by atoms with Crippen molar-refractivity contribution in [1.29, 1.82) is 0 Å². The molecule has 33 heavy (non-hydrogen) atoms. The first-order chi connectivity index (χ1) is 15.9. The van der Waals surface area contributed by atoms with Crippen LogP contribution < -0.4 is 16.0 Å². The van der Waals surface area contributed by atoms with E-state index in [1.165, 1.54) is 18.7 Å². The summed E-state index contributed by atoms with van der Waals surface area (Å²) in [5, 5.41) is 9.47. The second-order valence-electron chi connectivity index (χ2n) is 7.22. The molecule has 1 unspecified atom stereocenters. The number of anilines is 3. The van der Waals surface area contributed by atoms with E-state index in [1.807, 2.05) is 67.6 Å². The number of rotatable bonds is 8. The minimum Gasteiger partial charge on any atom is -0.332 e. The number of thiocarbonyl (C=S) groups is 1. The van der Waals surface area contributed by atoms with Gasteiger partial charge in [-0.3, -0.25) is 9.59 Å². The number of carbonyl (C=O) groups is 2. The second-order valence-corrected chi connectivity index (χ2v) is 9.76. The van der Waals surface area contributed by atoms with Crippen LogP contribution in [0.2, 0.25) is 0 Å². The summed E-state index contributed by atoms with van der Waals surface area (Å²) >= 11 is 10.4. The first kappa shape index (κ1) is 25.0. The molecule has 3 aromatic rings. The third kappa shape index (κ3) is 7.42. The Morgan fingerprint density at radius 1 is 0.939 bits per heavy atom. The van der Waals surface area contributed by atoms with Crippen molar-refractivity contribution in [1.82, 2.24) is 0 Å². The Kier molecular flexibility index (Phi) is 9.05. The lowest BCUT2D eigenvalue weighted by Gasteiger charge is -2.16. The van der Waals surface area contributed by atoms with Gasteiger partial charge >= 0.3 is 0 Å². The lowest BCUT2D eigenvalue weighted by atomic mass is 10.1. The van der Waals surface area contributed by atoms with Crippen LogP contribution in [0.25, 0.3) is 0 Å². The maximum absolute atomic E-state index is 12.8. The predicted molar refractivity (Wildman–Crippen MR) is 145 cm³/mol. The molecule has 0 radical (unpaired) electrons. The van der Waals surface area contributed by atoms with Crippen molar-refractivity contribution in [3.05, 3.63) is 82.8 Å². The summed E-state index contributed by atoms with van der Waals surface area (Å²) < 4.78 is 0.848. The molecular formula is C25H24BrN3O2S2. The minimum absolute atomic E-state index is 0.0204. The summed E-state index contributed by atoms with van der Waals surface area (Å²) in [6, 6.07) is 22.5. The van der Waals surface area contributed by atoms with Crippen molar-refractivity contribution < 1.29 is 9.59 Å². The van der Waals surface area contributed by atoms with E-state index >= 15 is 0 Å². The normalized spacial score (nSPS) is 11.4. The van der Waals surface area contributed by atoms with E-state index < -0.39 is 0 Å². The van der Waals surface area contributed by atoms with Gasteiger partial charge in [0.05, 0.1) is 10.9 Å². The molecule has 0 aliphatic carbocycles. The number of ketones is 1. The minimum atomic E-state index is -0.239. The first-order valence-corrected chi connectivity index (χ1v) is 12.4. The average molecular weight is 543 g/mol. The number of halogens is 1. The fourth-order valence-electron chi connectivity index (χ4n) is 2.99. The van der Waals surface area contributed by atoms with Crippen LogP contribution >= 0.6 is 39.9 Å². The molecule has 0 fully saturated rings. The monoisotopic (exact) mass is 541 g/mol. The maximum atomic E-state index is 12.8. The van der Waals surface area contributed by atoms with Crippen LogP contribution in [0, 0.1) is 0 Å². The SMILES string of the molecule is CCC(Sc1cccc(NC(=S)Nc2ccc(C(C)=O)cc2)c1)C(=O)Nc1ccccc1Br. The van der Waals surface area contributed by atoms with Gasteiger partial charge in [-0.1, -0.05) is 25.1 Å². The number of hydrogen-bond donors (Lipinski definition) is 3. The summed E-state index contributed by atoms with van der Waals surface area (Å²) in [5.41, 5.74) is 3.01. The summed E-state index contributed by atoms with van der Waals surface area (Å²) in [5.74, 6) is -0.0222. The van der Waals surface area contributed by atoms with Crippen molar-refractivity contribution in [2.45, 2.75) is 30.4 Å². The quantitative estimate of drug-likeness (QED) is 0.162. The zero-order valence-electron chi connectivity index (χ0n) is 18.2. The van der Waals surface area contributed by atoms with Gasteiger partial charge in [0.25, 0.3) is 0 Å². The smallest absolute Gasteiger partial charge is 0.237 e. The molecule has 0 saturated heterocycles. The molecule has 0 saturated carbocycles. The number of para-hydroxylation sites is 1. The lowest BCUT2D eigenvalue weighted by Crippen LogP contribution is -2.24. The number of carbonyl (C=O) groups excluding carboxylic acids is 2. The third-order valence-electron chi connectivity index (χ3n) is 4.71. The summed E-state index contributed by atoms with van der Waals surface area (Å²) in [6.45, 7) is 3.53. The van der Waals surface area contributed by atoms with Crippen molar-refractivity contribution in [2.75, 3.05) is 16.0 Å². The molecule has 3 N–H and O–H groups in total. The van der Waals surface area contributed by atoms with E-state index in [0.29, 0.717) is 17.1 Å². The molecule has 0 aliphatic heterocycles. The summed E-state index contributed by atoms with van der Waals surface area (Å²) in [6.07, 6.45) is 0.689. The first-order valence-electron chi connectivity index (χ1n) is 10.4. The highest BCUT2D eigenvalue weighted by Gasteiger charge is 2.19. The van der Waals surface area contributed by atoms with Crippen molar-refractivity contribution in [2.24, 2.45) is 0 Å². The summed E-state index contributed by atoms with van der Waals surface area (Å²) in [7, 11) is 0. The lowest BCUT2D eigenvalue weighted by molar-refractivity contribution is -0.115. The predicted octanol–water partition coefficient (Wildman–Crippen LogP) is 6.97. The van der Waals surface area contributed by atoms with Gasteiger partial charge in [0, 0.05) is 26.3 Å². The Morgan fingerprint density at radius 3 is 2.30 bits per heavy atom. The highest BCUT2D eigenvalue weighted by atomic mass is 79.9. The molecular weight excluding hydrogens is 518 g/mol. The molecule has 1 amide bonds. The molecule has 0 spiro atoms. The van der Waals surface area contributed by atoms with E-state index in [2.05, 4.69) is 31.9 Å². The summed E-state index contributed by atoms with van der Waals surface area (Å²) in [4.78, 5) is 25.2. The molecule has 1 atom stereocenters. The molecule has 8 heteroatoms. The molecule has 5 nitrogen and oxygen atoms in total. The molecule has 0 bridgehead atoms. The number of benzene rings is 3. The molecule has 3 rings (SSSR count). The van der Waals surface area contributed by atoms with Gasteiger partial charge in [0.15, 0.2) is 10.9 Å². The van der Waals surface area contributed by atoms with Gasteiger partial charge in [0.2, 0.25) is 5.91 Å². The number of Topliss-reactive ketones (excluding diaryl/α,β-unsaturated/α-hetero) is 1. The van der Waals surface area contributed by atoms with Gasteiger partial charge < -0.3 is 16.0 Å². The maximum Gasteiger partial charge on any atom is 0.237 e. The van der Waals surface area contributed by atoms with Gasteiger partial charge in [-0.15, -0.1) is 11.8 Å². The fraction of sp³-hybridized carbons (Fsp3) is 0.160. The van der Waals surface area contributed by atoms with Crippen LogP contribution in [0.5, 0.6) is 0 Å². The van der Waals surface area contributed by atoms with Gasteiger partial charge in [-0.2, -0.15) is 0 Å². The van der Waals surface area contributed by atoms with Gasteiger partial charge in [-0.25, -0.2) is 0 Å². The highest BCUT2D eigenvalue weighted by molar-refractivity contribution is 9.10. The van der Waals surface area contributed by atoms with Crippen LogP contribution in [-0.4, -0.2) is 22.1 Å². The second kappa shape index (κ2) is 12.0. The van der Waals surface area contributed by atoms with Crippen molar-refractivity contribution in [3.63, 3.8) is 0 Å². The van der Waals surface area contributed by atoms with Crippen LogP contribution in [0.15, 0.2) is 82.2 Å². The van der Waals surface area contributed by atoms with E-state index in [0.717, 1.165) is 26.4 Å². The standard InChI is InChI=1S/C25H24BrN3O2S2/c1-3-23(24(31)29-22-10-5-4-9-21(22)26)33-20-8-6-7-19(15-20)28-25(32)27-18-13-11-17(12-14-18)16(2)30/h4-15,23H,3H2,1-2H3,(H,29,31)(H2,27,28,32). The zero-order chi connectivity index (χ0) is 23.8. The Morgan fingerprint density at radius 2 is 1.64 bits per heavy atom. The number of thioether (sulfide) groups is 1. The third-order valence-corrected chi connectivity index (χ3v) is 6.97. The topological polar surface area (TPSA) is 70.2 Å². The molecule has 3 aromatic carbocycles. The van der Waals surface area contributed by atoms with E-state index in [1.54, 1.807) is 12.1 Å². The largest absolute Gasteiger partial charge is 0.332 e. The number of amides is 1. The Balaban J connectivity index is 1.60. The highest BCUT2D eigenvalue weighted by Crippen LogP contribution is 2.29.